The fraction of sp³-hybridized carbons (Fsp3) is 0.412. The highest BCUT2D eigenvalue weighted by Crippen LogP contribution is 2.19. The average molecular weight is 365 g/mol. The summed E-state index contributed by atoms with van der Waals surface area (Å²) >= 11 is 0. The molecular weight excluding hydrogens is 342 g/mol. The Morgan fingerprint density at radius 1 is 1.24 bits per heavy atom. The summed E-state index contributed by atoms with van der Waals surface area (Å²) in [5.41, 5.74) is 1.01. The number of amides is 1. The summed E-state index contributed by atoms with van der Waals surface area (Å²) in [7, 11) is -3.48. The number of hydrogen-bond donors (Lipinski definition) is 1. The van der Waals surface area contributed by atoms with Crippen molar-refractivity contribution in [2.24, 2.45) is 0 Å². The Hall–Kier alpha value is -2.19. The van der Waals surface area contributed by atoms with Gasteiger partial charge < -0.3 is 9.84 Å². The Morgan fingerprint density at radius 2 is 1.84 bits per heavy atom. The van der Waals surface area contributed by atoms with Crippen LogP contribution >= 0.6 is 0 Å². The maximum atomic E-state index is 12.5. The van der Waals surface area contributed by atoms with Crippen LogP contribution in [0.5, 0.6) is 0 Å². The van der Waals surface area contributed by atoms with Gasteiger partial charge in [0, 0.05) is 19.2 Å². The molecule has 0 radical (unpaired) electrons. The predicted molar refractivity (Wildman–Crippen MR) is 93.7 cm³/mol. The lowest BCUT2D eigenvalue weighted by Crippen LogP contribution is -2.30. The number of aromatic nitrogens is 1. The van der Waals surface area contributed by atoms with Crippen molar-refractivity contribution in [1.82, 2.24) is 14.8 Å². The van der Waals surface area contributed by atoms with Crippen molar-refractivity contribution in [3.63, 3.8) is 0 Å². The molecule has 1 N–H and O–H groups in total. The molecule has 25 heavy (non-hydrogen) atoms. The van der Waals surface area contributed by atoms with E-state index in [0.29, 0.717) is 18.8 Å². The molecule has 7 nitrogen and oxygen atoms in total. The van der Waals surface area contributed by atoms with Gasteiger partial charge in [-0.25, -0.2) is 8.42 Å². The molecule has 0 saturated heterocycles. The molecule has 0 aliphatic carbocycles. The van der Waals surface area contributed by atoms with Crippen LogP contribution < -0.4 is 5.32 Å². The smallest absolute Gasteiger partial charge is 0.273 e. The van der Waals surface area contributed by atoms with Crippen molar-refractivity contribution in [2.45, 2.75) is 38.6 Å². The second-order valence-corrected chi connectivity index (χ2v) is 7.61. The lowest BCUT2D eigenvalue weighted by Gasteiger charge is -2.19. The standard InChI is InChI=1S/C17H23N3O4S/c1-5-20(6-2)25(22,23)15-9-7-14(8-10-15)13(4)18-17(21)16-11-12(3)24-19-16/h7-11,13H,5-6H2,1-4H3,(H,18,21)/t13-/m1/s1. The molecule has 1 aromatic carbocycles. The van der Waals surface area contributed by atoms with Crippen LogP contribution in [0.1, 0.15) is 48.6 Å². The monoisotopic (exact) mass is 365 g/mol. The number of nitrogens with zero attached hydrogens (tertiary/aromatic N) is 2. The van der Waals surface area contributed by atoms with E-state index in [9.17, 15) is 13.2 Å². The van der Waals surface area contributed by atoms with Crippen LogP contribution in [0, 0.1) is 6.92 Å². The number of rotatable bonds is 7. The third-order valence-corrected chi connectivity index (χ3v) is 6.00. The van der Waals surface area contributed by atoms with Crippen LogP contribution in [-0.4, -0.2) is 36.9 Å². The third-order valence-electron chi connectivity index (χ3n) is 3.93. The van der Waals surface area contributed by atoms with Gasteiger partial charge >= 0.3 is 0 Å². The molecule has 1 amide bonds. The van der Waals surface area contributed by atoms with E-state index in [1.54, 1.807) is 51.1 Å². The first-order chi connectivity index (χ1) is 11.8. The molecule has 0 aliphatic heterocycles. The van der Waals surface area contributed by atoms with E-state index in [2.05, 4.69) is 10.5 Å². The summed E-state index contributed by atoms with van der Waals surface area (Å²) in [5.74, 6) is 0.216. The zero-order chi connectivity index (χ0) is 18.6. The molecule has 0 bridgehead atoms. The minimum Gasteiger partial charge on any atom is -0.361 e. The molecule has 2 aromatic rings. The highest BCUT2D eigenvalue weighted by atomic mass is 32.2. The van der Waals surface area contributed by atoms with Crippen LogP contribution in [-0.2, 0) is 10.0 Å². The van der Waals surface area contributed by atoms with Gasteiger partial charge in [-0.1, -0.05) is 31.1 Å². The Morgan fingerprint density at radius 3 is 2.32 bits per heavy atom. The predicted octanol–water partition coefficient (Wildman–Crippen LogP) is 2.50. The number of nitrogens with one attached hydrogen (secondary N) is 1. The van der Waals surface area contributed by atoms with E-state index >= 15 is 0 Å². The molecule has 0 fully saturated rings. The van der Waals surface area contributed by atoms with Crippen LogP contribution in [0.3, 0.4) is 0 Å². The highest BCUT2D eigenvalue weighted by molar-refractivity contribution is 7.89. The van der Waals surface area contributed by atoms with Crippen molar-refractivity contribution in [1.29, 1.82) is 0 Å². The zero-order valence-electron chi connectivity index (χ0n) is 14.8. The summed E-state index contributed by atoms with van der Waals surface area (Å²) in [5, 5.41) is 6.48. The van der Waals surface area contributed by atoms with Crippen LogP contribution in [0.25, 0.3) is 0 Å². The van der Waals surface area contributed by atoms with Crippen molar-refractivity contribution in [3.8, 4) is 0 Å². The van der Waals surface area contributed by atoms with Gasteiger partial charge in [0.1, 0.15) is 5.76 Å². The minimum atomic E-state index is -3.48. The van der Waals surface area contributed by atoms with Gasteiger partial charge in [0.15, 0.2) is 5.69 Å². The van der Waals surface area contributed by atoms with E-state index in [1.807, 2.05) is 6.92 Å². The van der Waals surface area contributed by atoms with Crippen molar-refractivity contribution >= 4 is 15.9 Å². The van der Waals surface area contributed by atoms with Crippen LogP contribution in [0.2, 0.25) is 0 Å². The second-order valence-electron chi connectivity index (χ2n) is 5.68. The van der Waals surface area contributed by atoms with Crippen LogP contribution in [0.4, 0.5) is 0 Å². The van der Waals surface area contributed by atoms with E-state index in [-0.39, 0.29) is 22.5 Å². The summed E-state index contributed by atoms with van der Waals surface area (Å²) < 4.78 is 31.2. The van der Waals surface area contributed by atoms with Gasteiger partial charge in [-0.3, -0.25) is 4.79 Å². The first-order valence-electron chi connectivity index (χ1n) is 8.13. The van der Waals surface area contributed by atoms with Crippen molar-refractivity contribution in [3.05, 3.63) is 47.3 Å². The fourth-order valence-corrected chi connectivity index (χ4v) is 3.93. The highest BCUT2D eigenvalue weighted by Gasteiger charge is 2.22. The number of carbonyl (C=O) groups excluding carboxylic acids is 1. The average Bonchev–Trinajstić information content (AvgIpc) is 3.02. The number of carbonyl (C=O) groups is 1. The molecule has 1 aromatic heterocycles. The summed E-state index contributed by atoms with van der Waals surface area (Å²) in [4.78, 5) is 12.3. The van der Waals surface area contributed by atoms with Gasteiger partial charge in [0.25, 0.3) is 5.91 Å². The molecule has 0 saturated carbocycles. The Balaban J connectivity index is 2.12. The van der Waals surface area contributed by atoms with Gasteiger partial charge in [0.05, 0.1) is 10.9 Å². The number of hydrogen-bond acceptors (Lipinski definition) is 5. The van der Waals surface area contributed by atoms with Gasteiger partial charge in [-0.15, -0.1) is 0 Å². The Kier molecular flexibility index (Phi) is 5.97. The summed E-state index contributed by atoms with van der Waals surface area (Å²) in [6, 6.07) is 7.79. The topological polar surface area (TPSA) is 92.5 Å². The quantitative estimate of drug-likeness (QED) is 0.814. The molecule has 0 aliphatic rings. The molecule has 1 atom stereocenters. The number of aryl methyl sites for hydroxylation is 1. The van der Waals surface area contributed by atoms with Crippen LogP contribution in [0.15, 0.2) is 39.8 Å². The fourth-order valence-electron chi connectivity index (χ4n) is 2.47. The molecule has 2 rings (SSSR count). The Bertz CT molecular complexity index is 824. The largest absolute Gasteiger partial charge is 0.361 e. The first kappa shape index (κ1) is 19.1. The van der Waals surface area contributed by atoms with E-state index < -0.39 is 10.0 Å². The molecule has 0 spiro atoms. The number of benzene rings is 1. The van der Waals surface area contributed by atoms with E-state index in [4.69, 9.17) is 4.52 Å². The molecule has 136 valence electrons. The number of sulfonamides is 1. The Labute approximate surface area is 148 Å². The van der Waals surface area contributed by atoms with Gasteiger partial charge in [0.2, 0.25) is 10.0 Å². The summed E-state index contributed by atoms with van der Waals surface area (Å²) in [6.07, 6.45) is 0. The SMILES string of the molecule is CCN(CC)S(=O)(=O)c1ccc([C@@H](C)NC(=O)c2cc(C)on2)cc1. The molecule has 0 unspecified atom stereocenters. The lowest BCUT2D eigenvalue weighted by molar-refractivity contribution is 0.0930. The maximum absolute atomic E-state index is 12.5. The second kappa shape index (κ2) is 7.79. The van der Waals surface area contributed by atoms with Crippen molar-refractivity contribution < 1.29 is 17.7 Å². The zero-order valence-corrected chi connectivity index (χ0v) is 15.6. The molecule has 1 heterocycles. The molecule has 8 heteroatoms. The minimum absolute atomic E-state index is 0.213. The van der Waals surface area contributed by atoms with Gasteiger partial charge in [-0.05, 0) is 31.5 Å². The normalized spacial score (nSPS) is 13.0. The molecular formula is C17H23N3O4S. The van der Waals surface area contributed by atoms with E-state index in [1.165, 1.54) is 4.31 Å². The van der Waals surface area contributed by atoms with Gasteiger partial charge in [-0.2, -0.15) is 4.31 Å². The maximum Gasteiger partial charge on any atom is 0.273 e. The first-order valence-corrected chi connectivity index (χ1v) is 9.57. The lowest BCUT2D eigenvalue weighted by atomic mass is 10.1. The summed E-state index contributed by atoms with van der Waals surface area (Å²) in [6.45, 7) is 7.98. The van der Waals surface area contributed by atoms with E-state index in [0.717, 1.165) is 5.56 Å². The third kappa shape index (κ3) is 4.26. The van der Waals surface area contributed by atoms with Crippen molar-refractivity contribution in [2.75, 3.05) is 13.1 Å².